The van der Waals surface area contributed by atoms with Crippen molar-refractivity contribution < 1.29 is 57.1 Å². The van der Waals surface area contributed by atoms with Crippen LogP contribution in [0.1, 0.15) is 0 Å². The first-order chi connectivity index (χ1) is 12.7. The van der Waals surface area contributed by atoms with E-state index in [0.717, 1.165) is 0 Å². The van der Waals surface area contributed by atoms with Gasteiger partial charge in [0, 0.05) is 0 Å². The number of halogens is 11. The number of anilines is 1. The average molecular weight is 502 g/mol. The Bertz CT molecular complexity index is 883. The average Bonchev–Trinajstić information content (AvgIpc) is 2.52. The summed E-state index contributed by atoms with van der Waals surface area (Å²) >= 11 is 4.12. The van der Waals surface area contributed by atoms with Crippen molar-refractivity contribution in [1.29, 1.82) is 0 Å². The second-order valence-corrected chi connectivity index (χ2v) is 8.46. The molecular weight excluding hydrogens is 496 g/mol. The maximum atomic E-state index is 13.1. The molecule has 0 saturated heterocycles. The second kappa shape index (κ2) is 8.02. The normalized spacial score (nSPS) is 14.0. The first-order valence-electron chi connectivity index (χ1n) is 6.61. The monoisotopic (exact) mass is 501 g/mol. The molecule has 0 radical (unpaired) electrons. The summed E-state index contributed by atoms with van der Waals surface area (Å²) in [5.74, 6) is -9.86. The van der Waals surface area contributed by atoms with Gasteiger partial charge >= 0.3 is 22.9 Å². The van der Waals surface area contributed by atoms with Crippen molar-refractivity contribution >= 4 is 44.8 Å². The van der Waals surface area contributed by atoms with Gasteiger partial charge in [0.25, 0.3) is 9.84 Å². The number of rotatable bonds is 6. The minimum atomic E-state index is -6.62. The Labute approximate surface area is 164 Å². The Morgan fingerprint density at radius 2 is 1.52 bits per heavy atom. The number of carbonyl (C=O) groups is 1. The highest BCUT2D eigenvalue weighted by Gasteiger charge is 2.73. The zero-order valence-electron chi connectivity index (χ0n) is 13.1. The second-order valence-electron chi connectivity index (χ2n) is 5.02. The van der Waals surface area contributed by atoms with Crippen LogP contribution in [-0.2, 0) is 14.6 Å². The number of amides is 1. The third-order valence-corrected chi connectivity index (χ3v) is 5.77. The maximum absolute atomic E-state index is 13.1. The van der Waals surface area contributed by atoms with Crippen LogP contribution in [0.3, 0.4) is 0 Å². The number of benzene rings is 1. The highest BCUT2D eigenvalue weighted by atomic mass is 35.5. The summed E-state index contributed by atoms with van der Waals surface area (Å²) < 4.78 is 148. The van der Waals surface area contributed by atoms with E-state index in [-0.39, 0.29) is 6.07 Å². The summed E-state index contributed by atoms with van der Waals surface area (Å²) in [6, 6.07) is 1.21. The zero-order chi connectivity index (χ0) is 23.1. The standard InChI is InChI=1S/C12H6ClF10NO3S2/c13-6-2-1-5(29(26,27)12(21,22)23)3-7(6)24-8(25)4-28-11(19,20)9(14,15)10(16,17)18/h1-3H,4H2,(H,24,25). The minimum Gasteiger partial charge on any atom is -0.324 e. The largest absolute Gasteiger partial charge is 0.501 e. The van der Waals surface area contributed by atoms with Crippen LogP contribution in [0.15, 0.2) is 23.1 Å². The molecule has 4 nitrogen and oxygen atoms in total. The van der Waals surface area contributed by atoms with E-state index >= 15 is 0 Å². The lowest BCUT2D eigenvalue weighted by molar-refractivity contribution is -0.330. The van der Waals surface area contributed by atoms with Gasteiger partial charge in [-0.1, -0.05) is 23.4 Å². The summed E-state index contributed by atoms with van der Waals surface area (Å²) in [7, 11) is -5.88. The molecule has 0 aliphatic heterocycles. The third-order valence-electron chi connectivity index (χ3n) is 2.93. The molecule has 0 spiro atoms. The van der Waals surface area contributed by atoms with Gasteiger partial charge in [-0.15, -0.1) is 0 Å². The van der Waals surface area contributed by atoms with Gasteiger partial charge in [-0.2, -0.15) is 43.9 Å². The molecule has 29 heavy (non-hydrogen) atoms. The molecule has 1 amide bonds. The van der Waals surface area contributed by atoms with Crippen LogP contribution < -0.4 is 5.32 Å². The summed E-state index contributed by atoms with van der Waals surface area (Å²) in [6.45, 7) is 0. The predicted molar refractivity (Wildman–Crippen MR) is 81.7 cm³/mol. The van der Waals surface area contributed by atoms with Crippen molar-refractivity contribution in [1.82, 2.24) is 0 Å². The molecule has 1 rings (SSSR count). The van der Waals surface area contributed by atoms with Gasteiger partial charge in [-0.25, -0.2) is 8.42 Å². The number of thioether (sulfide) groups is 1. The SMILES string of the molecule is O=C(CSC(F)(F)C(F)(F)C(F)(F)F)Nc1cc(S(=O)(=O)C(F)(F)F)ccc1Cl. The van der Waals surface area contributed by atoms with Gasteiger partial charge < -0.3 is 5.32 Å². The van der Waals surface area contributed by atoms with E-state index in [4.69, 9.17) is 11.6 Å². The summed E-state index contributed by atoms with van der Waals surface area (Å²) in [6.07, 6.45) is -6.62. The molecule has 1 N–H and O–H groups in total. The van der Waals surface area contributed by atoms with Crippen LogP contribution in [0, 0.1) is 0 Å². The van der Waals surface area contributed by atoms with Crippen molar-refractivity contribution in [3.05, 3.63) is 23.2 Å². The number of hydrogen-bond acceptors (Lipinski definition) is 4. The Hall–Kier alpha value is -1.42. The van der Waals surface area contributed by atoms with Crippen molar-refractivity contribution in [2.24, 2.45) is 0 Å². The molecule has 0 saturated carbocycles. The molecular formula is C12H6ClF10NO3S2. The highest BCUT2D eigenvalue weighted by molar-refractivity contribution is 8.01. The van der Waals surface area contributed by atoms with Crippen LogP contribution in [0.2, 0.25) is 5.02 Å². The van der Waals surface area contributed by atoms with Gasteiger partial charge in [0.15, 0.2) is 0 Å². The first kappa shape index (κ1) is 25.6. The summed E-state index contributed by atoms with van der Waals surface area (Å²) in [5, 5.41) is -4.77. The van der Waals surface area contributed by atoms with E-state index < -0.39 is 71.7 Å². The zero-order valence-corrected chi connectivity index (χ0v) is 15.5. The van der Waals surface area contributed by atoms with E-state index in [2.05, 4.69) is 0 Å². The van der Waals surface area contributed by atoms with Crippen molar-refractivity contribution in [3.8, 4) is 0 Å². The van der Waals surface area contributed by atoms with Crippen molar-refractivity contribution in [2.75, 3.05) is 11.1 Å². The lowest BCUT2D eigenvalue weighted by Crippen LogP contribution is -2.50. The van der Waals surface area contributed by atoms with Crippen LogP contribution in [0.25, 0.3) is 0 Å². The van der Waals surface area contributed by atoms with Gasteiger partial charge in [0.2, 0.25) is 5.91 Å². The number of alkyl halides is 10. The lowest BCUT2D eigenvalue weighted by Gasteiger charge is -2.27. The van der Waals surface area contributed by atoms with Gasteiger partial charge in [-0.3, -0.25) is 4.79 Å². The molecule has 1 aromatic rings. The van der Waals surface area contributed by atoms with Gasteiger partial charge in [0.1, 0.15) is 0 Å². The fourth-order valence-electron chi connectivity index (χ4n) is 1.50. The molecule has 0 heterocycles. The molecule has 0 bridgehead atoms. The third kappa shape index (κ3) is 5.39. The molecule has 0 unspecified atom stereocenters. The molecule has 1 aromatic carbocycles. The van der Waals surface area contributed by atoms with Gasteiger partial charge in [-0.05, 0) is 18.2 Å². The van der Waals surface area contributed by atoms with Gasteiger partial charge in [0.05, 0.1) is 21.4 Å². The molecule has 17 heteroatoms. The van der Waals surface area contributed by atoms with Crippen molar-refractivity contribution in [3.63, 3.8) is 0 Å². The smallest absolute Gasteiger partial charge is 0.324 e. The number of hydrogen-bond donors (Lipinski definition) is 1. The highest BCUT2D eigenvalue weighted by Crippen LogP contribution is 2.51. The Balaban J connectivity index is 3.01. The molecule has 0 atom stereocenters. The molecule has 0 aliphatic rings. The Morgan fingerprint density at radius 1 is 1.00 bits per heavy atom. The number of nitrogens with one attached hydrogen (secondary N) is 1. The fraction of sp³-hybridized carbons (Fsp3) is 0.417. The van der Waals surface area contributed by atoms with Crippen LogP contribution in [0.4, 0.5) is 49.6 Å². The van der Waals surface area contributed by atoms with Crippen molar-refractivity contribution in [2.45, 2.75) is 27.8 Å². The van der Waals surface area contributed by atoms with E-state index in [9.17, 15) is 57.1 Å². The molecule has 166 valence electrons. The number of carbonyl (C=O) groups excluding carboxylic acids is 1. The quantitative estimate of drug-likeness (QED) is 0.551. The predicted octanol–water partition coefficient (Wildman–Crippen LogP) is 5.10. The lowest BCUT2D eigenvalue weighted by atomic mass is 10.3. The first-order valence-corrected chi connectivity index (χ1v) is 9.46. The van der Waals surface area contributed by atoms with E-state index in [1.54, 1.807) is 5.32 Å². The van der Waals surface area contributed by atoms with E-state index in [1.807, 2.05) is 0 Å². The summed E-state index contributed by atoms with van der Waals surface area (Å²) in [5.41, 5.74) is -6.57. The Kier molecular flexibility index (Phi) is 7.08. The maximum Gasteiger partial charge on any atom is 0.501 e. The molecule has 0 fully saturated rings. The molecule has 0 aliphatic carbocycles. The van der Waals surface area contributed by atoms with Crippen LogP contribution in [-0.4, -0.2) is 42.9 Å². The van der Waals surface area contributed by atoms with Crippen LogP contribution >= 0.6 is 23.4 Å². The van der Waals surface area contributed by atoms with Crippen LogP contribution in [0.5, 0.6) is 0 Å². The van der Waals surface area contributed by atoms with E-state index in [1.165, 1.54) is 0 Å². The minimum absolute atomic E-state index is 0.205. The Morgan fingerprint density at radius 3 is 1.97 bits per heavy atom. The topological polar surface area (TPSA) is 63.2 Å². The van der Waals surface area contributed by atoms with E-state index in [0.29, 0.717) is 12.1 Å². The summed E-state index contributed by atoms with van der Waals surface area (Å²) in [4.78, 5) is 10.1. The molecule has 0 aromatic heterocycles. The fourth-order valence-corrected chi connectivity index (χ4v) is 3.13. The number of sulfone groups is 1.